The molecular formula is C22H30ClN5O3. The fraction of sp³-hybridized carbons (Fsp3) is 0.591. The average molecular weight is 448 g/mol. The summed E-state index contributed by atoms with van der Waals surface area (Å²) in [7, 11) is 1.82. The van der Waals surface area contributed by atoms with E-state index >= 15 is 0 Å². The standard InChI is InChI=1S/C22H29N5O3.ClH/c1-13-11-25(3)21(29)14(2)27(13)22-24-19-16(5-4-6-18(19)30-22)20(28)23-17-12-26-9-7-15(17)8-10-26;/h4-6,13-15,17H,7-12H2,1-3H3,(H,23,28);1H. The third kappa shape index (κ3) is 3.76. The average Bonchev–Trinajstić information content (AvgIpc) is 3.16. The van der Waals surface area contributed by atoms with Gasteiger partial charge in [0, 0.05) is 32.2 Å². The molecule has 6 rings (SSSR count). The lowest BCUT2D eigenvalue weighted by atomic mass is 9.84. The first-order chi connectivity index (χ1) is 14.4. The maximum atomic E-state index is 13.1. The number of piperidine rings is 3. The van der Waals surface area contributed by atoms with Crippen molar-refractivity contribution in [3.05, 3.63) is 23.8 Å². The molecule has 4 fully saturated rings. The van der Waals surface area contributed by atoms with Crippen LogP contribution in [0.15, 0.2) is 22.6 Å². The predicted molar refractivity (Wildman–Crippen MR) is 121 cm³/mol. The number of hydrogen-bond acceptors (Lipinski definition) is 6. The lowest BCUT2D eigenvalue weighted by Gasteiger charge is -2.44. The van der Waals surface area contributed by atoms with Gasteiger partial charge in [-0.1, -0.05) is 6.07 Å². The molecule has 168 valence electrons. The van der Waals surface area contributed by atoms with Gasteiger partial charge in [0.25, 0.3) is 11.9 Å². The molecule has 31 heavy (non-hydrogen) atoms. The Morgan fingerprint density at radius 2 is 1.94 bits per heavy atom. The van der Waals surface area contributed by atoms with Gasteiger partial charge in [0.15, 0.2) is 5.58 Å². The molecule has 9 heteroatoms. The molecule has 1 aromatic carbocycles. The molecule has 4 saturated heterocycles. The van der Waals surface area contributed by atoms with Crippen LogP contribution in [-0.4, -0.2) is 78.0 Å². The zero-order valence-electron chi connectivity index (χ0n) is 18.2. The maximum absolute atomic E-state index is 13.1. The predicted octanol–water partition coefficient (Wildman–Crippen LogP) is 2.13. The van der Waals surface area contributed by atoms with Crippen LogP contribution < -0.4 is 10.2 Å². The highest BCUT2D eigenvalue weighted by atomic mass is 35.5. The molecule has 0 spiro atoms. The number of oxazole rings is 1. The Kier molecular flexibility index (Phi) is 5.87. The van der Waals surface area contributed by atoms with Crippen molar-refractivity contribution in [2.75, 3.05) is 38.1 Å². The Hall–Kier alpha value is -2.32. The largest absolute Gasteiger partial charge is 0.423 e. The second-order valence-electron chi connectivity index (χ2n) is 9.02. The monoisotopic (exact) mass is 447 g/mol. The van der Waals surface area contributed by atoms with Gasteiger partial charge in [-0.05, 0) is 57.8 Å². The molecule has 8 nitrogen and oxygen atoms in total. The normalized spacial score (nSPS) is 30.4. The number of carbonyl (C=O) groups is 2. The Morgan fingerprint density at radius 1 is 1.19 bits per heavy atom. The molecule has 1 N–H and O–H groups in total. The Labute approximate surface area is 188 Å². The first-order valence-corrected chi connectivity index (χ1v) is 10.9. The smallest absolute Gasteiger partial charge is 0.299 e. The van der Waals surface area contributed by atoms with Crippen LogP contribution in [0.3, 0.4) is 0 Å². The van der Waals surface area contributed by atoms with E-state index in [0.29, 0.717) is 35.1 Å². The van der Waals surface area contributed by atoms with Crippen LogP contribution in [0.5, 0.6) is 0 Å². The number of piperazine rings is 1. The van der Waals surface area contributed by atoms with E-state index in [1.165, 1.54) is 0 Å². The molecule has 0 aliphatic carbocycles. The van der Waals surface area contributed by atoms with Gasteiger partial charge in [0.2, 0.25) is 5.91 Å². The molecule has 0 saturated carbocycles. The first-order valence-electron chi connectivity index (χ1n) is 10.9. The minimum Gasteiger partial charge on any atom is -0.423 e. The van der Waals surface area contributed by atoms with Gasteiger partial charge in [-0.25, -0.2) is 0 Å². The Morgan fingerprint density at radius 3 is 2.61 bits per heavy atom. The number of hydrogen-bond donors (Lipinski definition) is 1. The third-order valence-corrected chi connectivity index (χ3v) is 7.01. The minimum absolute atomic E-state index is 0. The summed E-state index contributed by atoms with van der Waals surface area (Å²) in [6, 6.07) is 5.74. The molecule has 2 bridgehead atoms. The number of halogens is 1. The van der Waals surface area contributed by atoms with E-state index in [4.69, 9.17) is 4.42 Å². The molecule has 5 heterocycles. The van der Waals surface area contributed by atoms with E-state index in [-0.39, 0.29) is 42.3 Å². The SMILES string of the molecule is CC1CN(C)C(=O)C(C)N1c1nc2c(C(=O)NC3CN4CCC3CC4)cccc2o1.Cl. The summed E-state index contributed by atoms with van der Waals surface area (Å²) in [4.78, 5) is 36.4. The maximum Gasteiger partial charge on any atom is 0.299 e. The van der Waals surface area contributed by atoms with Crippen molar-refractivity contribution >= 4 is 41.3 Å². The molecule has 3 unspecified atom stereocenters. The number of nitrogens with zero attached hydrogens (tertiary/aromatic N) is 4. The van der Waals surface area contributed by atoms with Gasteiger partial charge in [0.05, 0.1) is 5.56 Å². The summed E-state index contributed by atoms with van der Waals surface area (Å²) >= 11 is 0. The van der Waals surface area contributed by atoms with Crippen molar-refractivity contribution in [1.29, 1.82) is 0 Å². The summed E-state index contributed by atoms with van der Waals surface area (Å²) in [5, 5.41) is 3.24. The number of fused-ring (bicyclic) bond motifs is 4. The number of rotatable bonds is 3. The van der Waals surface area contributed by atoms with Crippen molar-refractivity contribution in [3.63, 3.8) is 0 Å². The van der Waals surface area contributed by atoms with E-state index in [1.807, 2.05) is 31.0 Å². The lowest BCUT2D eigenvalue weighted by molar-refractivity contribution is -0.133. The highest BCUT2D eigenvalue weighted by molar-refractivity contribution is 6.05. The van der Waals surface area contributed by atoms with Gasteiger partial charge in [-0.2, -0.15) is 4.98 Å². The van der Waals surface area contributed by atoms with Crippen molar-refractivity contribution in [2.24, 2.45) is 5.92 Å². The highest BCUT2D eigenvalue weighted by Gasteiger charge is 2.38. The summed E-state index contributed by atoms with van der Waals surface area (Å²) in [5.41, 5.74) is 1.65. The quantitative estimate of drug-likeness (QED) is 0.776. The van der Waals surface area contributed by atoms with E-state index in [0.717, 1.165) is 32.5 Å². The molecule has 1 aromatic heterocycles. The van der Waals surface area contributed by atoms with E-state index in [9.17, 15) is 9.59 Å². The van der Waals surface area contributed by atoms with Crippen molar-refractivity contribution in [3.8, 4) is 0 Å². The zero-order valence-corrected chi connectivity index (χ0v) is 19.0. The molecular weight excluding hydrogens is 418 g/mol. The van der Waals surface area contributed by atoms with Crippen LogP contribution in [0, 0.1) is 5.92 Å². The fourth-order valence-corrected chi connectivity index (χ4v) is 5.35. The van der Waals surface area contributed by atoms with E-state index < -0.39 is 0 Å². The molecule has 4 aliphatic rings. The second kappa shape index (κ2) is 8.31. The van der Waals surface area contributed by atoms with Crippen molar-refractivity contribution < 1.29 is 14.0 Å². The number of para-hydroxylation sites is 1. The number of nitrogens with one attached hydrogen (secondary N) is 1. The van der Waals surface area contributed by atoms with Crippen LogP contribution in [0.25, 0.3) is 11.1 Å². The summed E-state index contributed by atoms with van der Waals surface area (Å²) in [6.07, 6.45) is 2.30. The van der Waals surface area contributed by atoms with E-state index in [2.05, 4.69) is 22.1 Å². The molecule has 2 aromatic rings. The Bertz CT molecular complexity index is 987. The van der Waals surface area contributed by atoms with Gasteiger partial charge in [-0.3, -0.25) is 9.59 Å². The molecule has 3 atom stereocenters. The first kappa shape index (κ1) is 21.9. The number of carbonyl (C=O) groups excluding carboxylic acids is 2. The minimum atomic E-state index is -0.365. The van der Waals surface area contributed by atoms with Gasteiger partial charge < -0.3 is 24.4 Å². The summed E-state index contributed by atoms with van der Waals surface area (Å²) in [5.74, 6) is 0.495. The molecule has 2 amide bonds. The summed E-state index contributed by atoms with van der Waals surface area (Å²) < 4.78 is 6.02. The van der Waals surface area contributed by atoms with Crippen LogP contribution in [-0.2, 0) is 4.79 Å². The fourth-order valence-electron chi connectivity index (χ4n) is 5.35. The van der Waals surface area contributed by atoms with Crippen molar-refractivity contribution in [1.82, 2.24) is 20.1 Å². The Balaban J connectivity index is 0.00000231. The third-order valence-electron chi connectivity index (χ3n) is 7.01. The number of likely N-dealkylation sites (N-methyl/N-ethyl adjacent to an activating group) is 1. The van der Waals surface area contributed by atoms with Crippen LogP contribution in [0.2, 0.25) is 0 Å². The van der Waals surface area contributed by atoms with Gasteiger partial charge >= 0.3 is 0 Å². The van der Waals surface area contributed by atoms with Crippen LogP contribution >= 0.6 is 12.4 Å². The molecule has 0 radical (unpaired) electrons. The number of anilines is 1. The number of benzene rings is 1. The van der Waals surface area contributed by atoms with Gasteiger partial charge in [0.1, 0.15) is 11.6 Å². The highest BCUT2D eigenvalue weighted by Crippen LogP contribution is 2.31. The topological polar surface area (TPSA) is 81.9 Å². The number of aromatic nitrogens is 1. The lowest BCUT2D eigenvalue weighted by Crippen LogP contribution is -2.59. The van der Waals surface area contributed by atoms with Crippen LogP contribution in [0.1, 0.15) is 37.0 Å². The van der Waals surface area contributed by atoms with E-state index in [1.54, 1.807) is 11.0 Å². The molecule has 4 aliphatic heterocycles. The van der Waals surface area contributed by atoms with Crippen LogP contribution in [0.4, 0.5) is 6.01 Å². The van der Waals surface area contributed by atoms with Gasteiger partial charge in [-0.15, -0.1) is 12.4 Å². The zero-order chi connectivity index (χ0) is 21.0. The number of amides is 2. The summed E-state index contributed by atoms with van der Waals surface area (Å²) in [6.45, 7) is 7.72. The second-order valence-corrected chi connectivity index (χ2v) is 9.02. The van der Waals surface area contributed by atoms with Crippen molar-refractivity contribution in [2.45, 2.75) is 44.8 Å².